The number of carbonyl (C=O) groups is 1. The average Bonchev–Trinajstić information content (AvgIpc) is 2.41. The lowest BCUT2D eigenvalue weighted by atomic mass is 10.1. The summed E-state index contributed by atoms with van der Waals surface area (Å²) >= 11 is 5.95. The van der Waals surface area contributed by atoms with Crippen molar-refractivity contribution in [2.24, 2.45) is 0 Å². The van der Waals surface area contributed by atoms with Crippen molar-refractivity contribution < 1.29 is 14.5 Å². The third-order valence-electron chi connectivity index (χ3n) is 2.62. The van der Waals surface area contributed by atoms with Gasteiger partial charge in [0.05, 0.1) is 9.95 Å². The number of nitro groups is 1. The van der Waals surface area contributed by atoms with Gasteiger partial charge >= 0.3 is 5.69 Å². The summed E-state index contributed by atoms with van der Waals surface area (Å²) in [6.07, 6.45) is 0. The summed E-state index contributed by atoms with van der Waals surface area (Å²) in [6, 6.07) is 10.6. The summed E-state index contributed by atoms with van der Waals surface area (Å²) < 4.78 is 5.47. The maximum absolute atomic E-state index is 11.3. The minimum atomic E-state index is -0.573. The van der Waals surface area contributed by atoms with Crippen LogP contribution in [0.4, 0.5) is 5.69 Å². The highest BCUT2D eigenvalue weighted by molar-refractivity contribution is 6.32. The number of ether oxygens (including phenoxy) is 1. The minimum Gasteiger partial charge on any atom is -0.449 e. The molecule has 0 atom stereocenters. The van der Waals surface area contributed by atoms with Crippen molar-refractivity contribution in [2.45, 2.75) is 6.92 Å². The van der Waals surface area contributed by atoms with Crippen molar-refractivity contribution in [1.82, 2.24) is 0 Å². The van der Waals surface area contributed by atoms with Crippen molar-refractivity contribution in [3.63, 3.8) is 0 Å². The molecule has 0 saturated heterocycles. The fourth-order valence-corrected chi connectivity index (χ4v) is 1.79. The average molecular weight is 292 g/mol. The van der Waals surface area contributed by atoms with Gasteiger partial charge in [0, 0.05) is 11.6 Å². The molecule has 0 heterocycles. The lowest BCUT2D eigenvalue weighted by Gasteiger charge is -2.08. The number of para-hydroxylation sites is 1. The van der Waals surface area contributed by atoms with Crippen LogP contribution in [0.5, 0.6) is 11.5 Å². The first-order chi connectivity index (χ1) is 9.49. The van der Waals surface area contributed by atoms with E-state index < -0.39 is 4.92 Å². The van der Waals surface area contributed by atoms with Gasteiger partial charge in [-0.15, -0.1) is 0 Å². The maximum atomic E-state index is 11.3. The summed E-state index contributed by atoms with van der Waals surface area (Å²) in [4.78, 5) is 21.8. The van der Waals surface area contributed by atoms with E-state index in [1.807, 2.05) is 0 Å². The van der Waals surface area contributed by atoms with Gasteiger partial charge in [0.2, 0.25) is 5.75 Å². The van der Waals surface area contributed by atoms with Crippen LogP contribution in [0.15, 0.2) is 42.5 Å². The number of ketones is 1. The van der Waals surface area contributed by atoms with E-state index in [9.17, 15) is 14.9 Å². The Hall–Kier alpha value is -2.40. The molecule has 20 heavy (non-hydrogen) atoms. The highest BCUT2D eigenvalue weighted by Gasteiger charge is 2.18. The number of hydrogen-bond donors (Lipinski definition) is 0. The monoisotopic (exact) mass is 291 g/mol. The molecule has 0 aliphatic rings. The lowest BCUT2D eigenvalue weighted by molar-refractivity contribution is -0.385. The zero-order chi connectivity index (χ0) is 14.7. The SMILES string of the molecule is CC(=O)c1ccc([N+](=O)[O-])c(Oc2ccccc2Cl)c1. The second-order valence-electron chi connectivity index (χ2n) is 4.03. The number of benzene rings is 2. The molecular weight excluding hydrogens is 282 g/mol. The van der Waals surface area contributed by atoms with Gasteiger partial charge in [-0.2, -0.15) is 0 Å². The topological polar surface area (TPSA) is 69.4 Å². The molecule has 0 amide bonds. The predicted molar refractivity (Wildman–Crippen MR) is 74.6 cm³/mol. The second-order valence-corrected chi connectivity index (χ2v) is 4.44. The van der Waals surface area contributed by atoms with E-state index in [1.54, 1.807) is 24.3 Å². The number of rotatable bonds is 4. The van der Waals surface area contributed by atoms with Gasteiger partial charge in [-0.05, 0) is 31.2 Å². The quantitative estimate of drug-likeness (QED) is 0.480. The van der Waals surface area contributed by atoms with Gasteiger partial charge in [0.15, 0.2) is 5.78 Å². The number of halogens is 1. The molecule has 6 heteroatoms. The standard InChI is InChI=1S/C14H10ClNO4/c1-9(17)10-6-7-12(16(18)19)14(8-10)20-13-5-3-2-4-11(13)15/h2-8H,1H3. The molecule has 0 radical (unpaired) electrons. The minimum absolute atomic E-state index is 0.0178. The third kappa shape index (κ3) is 2.95. The molecule has 0 unspecified atom stereocenters. The van der Waals surface area contributed by atoms with Crippen LogP contribution < -0.4 is 4.74 Å². The number of nitro benzene ring substituents is 1. The Labute approximate surface area is 119 Å². The van der Waals surface area contributed by atoms with Gasteiger partial charge in [-0.1, -0.05) is 23.7 Å². The molecule has 5 nitrogen and oxygen atoms in total. The number of carbonyl (C=O) groups excluding carboxylic acids is 1. The second kappa shape index (κ2) is 5.71. The molecule has 2 rings (SSSR count). The highest BCUT2D eigenvalue weighted by Crippen LogP contribution is 2.35. The molecule has 0 saturated carbocycles. The van der Waals surface area contributed by atoms with Gasteiger partial charge in [-0.25, -0.2) is 0 Å². The largest absolute Gasteiger partial charge is 0.449 e. The molecule has 0 N–H and O–H groups in total. The molecule has 2 aromatic carbocycles. The number of hydrogen-bond acceptors (Lipinski definition) is 4. The first-order valence-corrected chi connectivity index (χ1v) is 6.08. The van der Waals surface area contributed by atoms with Gasteiger partial charge in [-0.3, -0.25) is 14.9 Å². The molecule has 0 bridgehead atoms. The van der Waals surface area contributed by atoms with Crippen LogP contribution in [0.1, 0.15) is 17.3 Å². The highest BCUT2D eigenvalue weighted by atomic mass is 35.5. The van der Waals surface area contributed by atoms with Crippen LogP contribution in [-0.4, -0.2) is 10.7 Å². The Bertz CT molecular complexity index is 685. The summed E-state index contributed by atoms with van der Waals surface area (Å²) in [7, 11) is 0. The summed E-state index contributed by atoms with van der Waals surface area (Å²) in [5.74, 6) is 0.0673. The van der Waals surface area contributed by atoms with Crippen LogP contribution in [-0.2, 0) is 0 Å². The molecule has 102 valence electrons. The van der Waals surface area contributed by atoms with Gasteiger partial charge < -0.3 is 4.74 Å². The van der Waals surface area contributed by atoms with Crippen molar-refractivity contribution in [3.8, 4) is 11.5 Å². The van der Waals surface area contributed by atoms with E-state index in [1.165, 1.54) is 25.1 Å². The Morgan fingerprint density at radius 2 is 1.90 bits per heavy atom. The Morgan fingerprint density at radius 3 is 2.50 bits per heavy atom. The smallest absolute Gasteiger partial charge is 0.311 e. The normalized spacial score (nSPS) is 10.1. The van der Waals surface area contributed by atoms with E-state index in [-0.39, 0.29) is 23.0 Å². The molecular formula is C14H10ClNO4. The Kier molecular flexibility index (Phi) is 4.00. The van der Waals surface area contributed by atoms with E-state index >= 15 is 0 Å². The van der Waals surface area contributed by atoms with E-state index in [2.05, 4.69) is 0 Å². The molecule has 0 aliphatic carbocycles. The predicted octanol–water partition coefficient (Wildman–Crippen LogP) is 4.24. The molecule has 0 spiro atoms. The fourth-order valence-electron chi connectivity index (χ4n) is 1.61. The summed E-state index contributed by atoms with van der Waals surface area (Å²) in [6.45, 7) is 1.38. The third-order valence-corrected chi connectivity index (χ3v) is 2.93. The van der Waals surface area contributed by atoms with Crippen LogP contribution in [0, 0.1) is 10.1 Å². The zero-order valence-electron chi connectivity index (χ0n) is 10.5. The molecule has 0 aliphatic heterocycles. The molecule has 0 aromatic heterocycles. The van der Waals surface area contributed by atoms with Gasteiger partial charge in [0.1, 0.15) is 5.75 Å². The first-order valence-electron chi connectivity index (χ1n) is 5.71. The van der Waals surface area contributed by atoms with Crippen molar-refractivity contribution >= 4 is 23.1 Å². The lowest BCUT2D eigenvalue weighted by Crippen LogP contribution is -1.98. The van der Waals surface area contributed by atoms with Crippen LogP contribution >= 0.6 is 11.6 Å². The van der Waals surface area contributed by atoms with E-state index in [4.69, 9.17) is 16.3 Å². The zero-order valence-corrected chi connectivity index (χ0v) is 11.3. The van der Waals surface area contributed by atoms with Crippen LogP contribution in [0.2, 0.25) is 5.02 Å². The van der Waals surface area contributed by atoms with Crippen molar-refractivity contribution in [3.05, 3.63) is 63.2 Å². The number of Topliss-reactive ketones (excluding diaryl/α,β-unsaturated/α-hetero) is 1. The van der Waals surface area contributed by atoms with Crippen molar-refractivity contribution in [1.29, 1.82) is 0 Å². The van der Waals surface area contributed by atoms with Crippen molar-refractivity contribution in [2.75, 3.05) is 0 Å². The molecule has 2 aromatic rings. The van der Waals surface area contributed by atoms with E-state index in [0.29, 0.717) is 10.6 Å². The molecule has 0 fully saturated rings. The van der Waals surface area contributed by atoms with Crippen LogP contribution in [0.3, 0.4) is 0 Å². The summed E-state index contributed by atoms with van der Waals surface area (Å²) in [5, 5.41) is 11.3. The van der Waals surface area contributed by atoms with Crippen LogP contribution in [0.25, 0.3) is 0 Å². The van der Waals surface area contributed by atoms with E-state index in [0.717, 1.165) is 0 Å². The van der Waals surface area contributed by atoms with Gasteiger partial charge in [0.25, 0.3) is 0 Å². The fraction of sp³-hybridized carbons (Fsp3) is 0.0714. The first kappa shape index (κ1) is 14.0. The summed E-state index contributed by atoms with van der Waals surface area (Å²) in [5.41, 5.74) is 0.104. The number of nitrogens with zero attached hydrogens (tertiary/aromatic N) is 1. The Morgan fingerprint density at radius 1 is 1.20 bits per heavy atom. The maximum Gasteiger partial charge on any atom is 0.311 e. The Balaban J connectivity index is 2.48.